The molecular weight excluding hydrogens is 263 g/mol. The number of rotatable bonds is 3. The fourth-order valence-corrected chi connectivity index (χ4v) is 2.62. The molecule has 0 aliphatic rings. The second-order valence-corrected chi connectivity index (χ2v) is 5.02. The van der Waals surface area contributed by atoms with E-state index in [-0.39, 0.29) is 5.82 Å². The number of methoxy groups -OCH3 is 1. The fourth-order valence-electron chi connectivity index (χ4n) is 1.75. The van der Waals surface area contributed by atoms with E-state index in [2.05, 4.69) is 10.3 Å². The van der Waals surface area contributed by atoms with Gasteiger partial charge in [0.2, 0.25) is 0 Å². The summed E-state index contributed by atoms with van der Waals surface area (Å²) in [7, 11) is 1.63. The van der Waals surface area contributed by atoms with Gasteiger partial charge in [-0.3, -0.25) is 0 Å². The van der Waals surface area contributed by atoms with Crippen molar-refractivity contribution in [3.8, 4) is 5.75 Å². The van der Waals surface area contributed by atoms with Gasteiger partial charge in [0.05, 0.1) is 17.3 Å². The van der Waals surface area contributed by atoms with Gasteiger partial charge >= 0.3 is 0 Å². The predicted octanol–water partition coefficient (Wildman–Crippen LogP) is 4.19. The number of hydrogen-bond acceptors (Lipinski definition) is 4. The lowest BCUT2D eigenvalue weighted by Gasteiger charge is -2.03. The molecule has 0 aliphatic heterocycles. The Kier molecular flexibility index (Phi) is 3.05. The highest BCUT2D eigenvalue weighted by Crippen LogP contribution is 2.29. The number of benzene rings is 2. The molecule has 3 nitrogen and oxygen atoms in total. The van der Waals surface area contributed by atoms with E-state index in [1.54, 1.807) is 13.2 Å². The molecule has 0 saturated carbocycles. The Morgan fingerprint density at radius 1 is 1.16 bits per heavy atom. The van der Waals surface area contributed by atoms with Gasteiger partial charge in [0, 0.05) is 11.8 Å². The van der Waals surface area contributed by atoms with Crippen LogP contribution in [0.15, 0.2) is 42.5 Å². The van der Waals surface area contributed by atoms with E-state index in [1.807, 2.05) is 24.3 Å². The van der Waals surface area contributed by atoms with Crippen molar-refractivity contribution in [1.29, 1.82) is 0 Å². The third-order valence-corrected chi connectivity index (χ3v) is 3.64. The number of thiazole rings is 1. The molecule has 3 rings (SSSR count). The fraction of sp³-hybridized carbons (Fsp3) is 0.0714. The van der Waals surface area contributed by atoms with Gasteiger partial charge in [-0.25, -0.2) is 9.37 Å². The van der Waals surface area contributed by atoms with Crippen LogP contribution in [-0.4, -0.2) is 12.1 Å². The molecule has 0 unspecified atom stereocenters. The Morgan fingerprint density at radius 2 is 1.95 bits per heavy atom. The summed E-state index contributed by atoms with van der Waals surface area (Å²) in [4.78, 5) is 4.35. The van der Waals surface area contributed by atoms with E-state index >= 15 is 0 Å². The monoisotopic (exact) mass is 274 g/mol. The number of nitrogens with zero attached hydrogens (tertiary/aromatic N) is 1. The SMILES string of the molecule is COc1ccc(Nc2nc3cc(F)ccc3s2)cc1. The number of halogens is 1. The highest BCUT2D eigenvalue weighted by molar-refractivity contribution is 7.22. The number of anilines is 2. The zero-order chi connectivity index (χ0) is 13.2. The molecule has 96 valence electrons. The maximum absolute atomic E-state index is 13.1. The first kappa shape index (κ1) is 11.9. The molecule has 5 heteroatoms. The smallest absolute Gasteiger partial charge is 0.188 e. The summed E-state index contributed by atoms with van der Waals surface area (Å²) in [5, 5.41) is 3.93. The van der Waals surface area contributed by atoms with Crippen molar-refractivity contribution in [3.63, 3.8) is 0 Å². The van der Waals surface area contributed by atoms with Crippen molar-refractivity contribution in [2.24, 2.45) is 0 Å². The molecule has 19 heavy (non-hydrogen) atoms. The van der Waals surface area contributed by atoms with E-state index < -0.39 is 0 Å². The average molecular weight is 274 g/mol. The van der Waals surface area contributed by atoms with Gasteiger partial charge in [-0.2, -0.15) is 0 Å². The van der Waals surface area contributed by atoms with Crippen molar-refractivity contribution in [3.05, 3.63) is 48.3 Å². The zero-order valence-electron chi connectivity index (χ0n) is 10.2. The minimum Gasteiger partial charge on any atom is -0.497 e. The van der Waals surface area contributed by atoms with Gasteiger partial charge < -0.3 is 10.1 Å². The molecule has 0 atom stereocenters. The molecule has 0 radical (unpaired) electrons. The predicted molar refractivity (Wildman–Crippen MR) is 75.9 cm³/mol. The molecule has 0 bridgehead atoms. The van der Waals surface area contributed by atoms with Crippen LogP contribution in [0.5, 0.6) is 5.75 Å². The van der Waals surface area contributed by atoms with E-state index in [1.165, 1.54) is 23.5 Å². The summed E-state index contributed by atoms with van der Waals surface area (Å²) in [6.45, 7) is 0. The van der Waals surface area contributed by atoms with Gasteiger partial charge in [0.15, 0.2) is 5.13 Å². The van der Waals surface area contributed by atoms with E-state index in [0.29, 0.717) is 5.52 Å². The van der Waals surface area contributed by atoms with Crippen LogP contribution in [0.3, 0.4) is 0 Å². The summed E-state index contributed by atoms with van der Waals surface area (Å²) >= 11 is 1.49. The first-order valence-electron chi connectivity index (χ1n) is 5.72. The van der Waals surface area contributed by atoms with Crippen molar-refractivity contribution in [1.82, 2.24) is 4.98 Å². The van der Waals surface area contributed by atoms with E-state index in [4.69, 9.17) is 4.74 Å². The maximum atomic E-state index is 13.1. The highest BCUT2D eigenvalue weighted by atomic mass is 32.1. The van der Waals surface area contributed by atoms with Crippen molar-refractivity contribution >= 4 is 32.4 Å². The zero-order valence-corrected chi connectivity index (χ0v) is 11.0. The minimum atomic E-state index is -0.270. The Labute approximate surface area is 113 Å². The molecule has 0 aliphatic carbocycles. The first-order valence-corrected chi connectivity index (χ1v) is 6.53. The largest absolute Gasteiger partial charge is 0.497 e. The third kappa shape index (κ3) is 2.51. The summed E-state index contributed by atoms with van der Waals surface area (Å²) in [5.74, 6) is 0.533. The Bertz CT molecular complexity index is 709. The van der Waals surface area contributed by atoms with Crippen molar-refractivity contribution in [2.45, 2.75) is 0 Å². The van der Waals surface area contributed by atoms with Crippen molar-refractivity contribution < 1.29 is 9.13 Å². The van der Waals surface area contributed by atoms with Crippen LogP contribution in [0, 0.1) is 5.82 Å². The van der Waals surface area contributed by atoms with Gasteiger partial charge in [-0.1, -0.05) is 11.3 Å². The Hall–Kier alpha value is -2.14. The molecule has 1 heterocycles. The third-order valence-electron chi connectivity index (χ3n) is 2.69. The molecule has 0 amide bonds. The molecule has 0 spiro atoms. The minimum absolute atomic E-state index is 0.270. The second-order valence-electron chi connectivity index (χ2n) is 3.98. The Balaban J connectivity index is 1.87. The van der Waals surface area contributed by atoms with Crippen LogP contribution in [0.2, 0.25) is 0 Å². The van der Waals surface area contributed by atoms with Crippen LogP contribution in [-0.2, 0) is 0 Å². The molecule has 0 saturated heterocycles. The second kappa shape index (κ2) is 4.85. The van der Waals surface area contributed by atoms with E-state index in [0.717, 1.165) is 21.3 Å². The number of nitrogens with one attached hydrogen (secondary N) is 1. The molecule has 3 aromatic rings. The van der Waals surface area contributed by atoms with Gasteiger partial charge in [-0.15, -0.1) is 0 Å². The number of hydrogen-bond donors (Lipinski definition) is 1. The van der Waals surface area contributed by atoms with Crippen LogP contribution >= 0.6 is 11.3 Å². The number of aromatic nitrogens is 1. The van der Waals surface area contributed by atoms with E-state index in [9.17, 15) is 4.39 Å². The molecular formula is C14H11FN2OS. The summed E-state index contributed by atoms with van der Waals surface area (Å²) in [5.41, 5.74) is 1.58. The lowest BCUT2D eigenvalue weighted by atomic mass is 10.3. The molecule has 2 aromatic carbocycles. The number of ether oxygens (including phenoxy) is 1. The summed E-state index contributed by atoms with van der Waals surface area (Å²) < 4.78 is 19.1. The van der Waals surface area contributed by atoms with Crippen molar-refractivity contribution in [2.75, 3.05) is 12.4 Å². The van der Waals surface area contributed by atoms with Crippen LogP contribution in [0.1, 0.15) is 0 Å². The molecule has 1 N–H and O–H groups in total. The summed E-state index contributed by atoms with van der Waals surface area (Å²) in [6.07, 6.45) is 0. The first-order chi connectivity index (χ1) is 9.24. The standard InChI is InChI=1S/C14H11FN2OS/c1-18-11-5-3-10(4-6-11)16-14-17-12-8-9(15)2-7-13(12)19-14/h2-8H,1H3,(H,16,17). The van der Waals surface area contributed by atoms with Gasteiger partial charge in [0.25, 0.3) is 0 Å². The topological polar surface area (TPSA) is 34.1 Å². The lowest BCUT2D eigenvalue weighted by Crippen LogP contribution is -1.89. The Morgan fingerprint density at radius 3 is 2.68 bits per heavy atom. The highest BCUT2D eigenvalue weighted by Gasteiger charge is 2.05. The number of fused-ring (bicyclic) bond motifs is 1. The van der Waals surface area contributed by atoms with Gasteiger partial charge in [-0.05, 0) is 36.4 Å². The lowest BCUT2D eigenvalue weighted by molar-refractivity contribution is 0.415. The average Bonchev–Trinajstić information content (AvgIpc) is 2.81. The quantitative estimate of drug-likeness (QED) is 0.777. The normalized spacial score (nSPS) is 10.6. The summed E-state index contributed by atoms with van der Waals surface area (Å²) in [6, 6.07) is 12.2. The van der Waals surface area contributed by atoms with Crippen LogP contribution < -0.4 is 10.1 Å². The molecule has 0 fully saturated rings. The van der Waals surface area contributed by atoms with Crippen LogP contribution in [0.25, 0.3) is 10.2 Å². The van der Waals surface area contributed by atoms with Crippen LogP contribution in [0.4, 0.5) is 15.2 Å². The van der Waals surface area contributed by atoms with Gasteiger partial charge in [0.1, 0.15) is 11.6 Å². The molecule has 1 aromatic heterocycles. The maximum Gasteiger partial charge on any atom is 0.188 e.